The number of amides is 1. The van der Waals surface area contributed by atoms with Crippen LogP contribution in [-0.4, -0.2) is 43.2 Å². The molecule has 0 atom stereocenters. The number of sulfonamides is 1. The number of hydrogen-bond acceptors (Lipinski definition) is 3. The third kappa shape index (κ3) is 3.98. The first kappa shape index (κ1) is 19.2. The molecule has 0 unspecified atom stereocenters. The highest BCUT2D eigenvalue weighted by Gasteiger charge is 2.29. The van der Waals surface area contributed by atoms with Crippen molar-refractivity contribution in [2.45, 2.75) is 43.5 Å². The van der Waals surface area contributed by atoms with E-state index < -0.39 is 10.0 Å². The molecule has 5 nitrogen and oxygen atoms in total. The molecule has 0 spiro atoms. The molecule has 1 saturated heterocycles. The molecular formula is C22H26N2O3S. The van der Waals surface area contributed by atoms with E-state index in [0.29, 0.717) is 37.5 Å². The second kappa shape index (κ2) is 8.05. The van der Waals surface area contributed by atoms with Crippen molar-refractivity contribution < 1.29 is 13.2 Å². The van der Waals surface area contributed by atoms with E-state index in [2.05, 4.69) is 0 Å². The molecule has 1 fully saturated rings. The fraction of sp³-hybridized carbons (Fsp3) is 0.409. The third-order valence-electron chi connectivity index (χ3n) is 5.72. The molecule has 0 radical (unpaired) electrons. The Kier molecular flexibility index (Phi) is 5.51. The molecule has 4 rings (SSSR count). The van der Waals surface area contributed by atoms with Gasteiger partial charge in [0.15, 0.2) is 0 Å². The minimum atomic E-state index is -3.43. The second-order valence-corrected chi connectivity index (χ2v) is 9.53. The average molecular weight is 399 g/mol. The molecule has 2 aliphatic heterocycles. The minimum absolute atomic E-state index is 0.127. The van der Waals surface area contributed by atoms with Gasteiger partial charge in [0.1, 0.15) is 0 Å². The minimum Gasteiger partial charge on any atom is -0.338 e. The van der Waals surface area contributed by atoms with Gasteiger partial charge in [0, 0.05) is 32.6 Å². The van der Waals surface area contributed by atoms with Gasteiger partial charge in [-0.15, -0.1) is 0 Å². The zero-order valence-corrected chi connectivity index (χ0v) is 16.8. The van der Waals surface area contributed by atoms with Crippen molar-refractivity contribution in [3.63, 3.8) is 0 Å². The largest absolute Gasteiger partial charge is 0.338 e. The van der Waals surface area contributed by atoms with Crippen LogP contribution in [-0.2, 0) is 34.2 Å². The summed E-state index contributed by atoms with van der Waals surface area (Å²) in [6.07, 6.45) is 3.83. The number of rotatable bonds is 5. The monoisotopic (exact) mass is 398 g/mol. The lowest BCUT2D eigenvalue weighted by molar-refractivity contribution is -0.132. The van der Waals surface area contributed by atoms with E-state index in [1.165, 1.54) is 0 Å². The van der Waals surface area contributed by atoms with Crippen molar-refractivity contribution in [3.8, 4) is 0 Å². The molecule has 0 saturated carbocycles. The van der Waals surface area contributed by atoms with Crippen LogP contribution in [0.2, 0.25) is 0 Å². The van der Waals surface area contributed by atoms with Crippen LogP contribution in [0.3, 0.4) is 0 Å². The molecule has 1 amide bonds. The highest BCUT2D eigenvalue weighted by Crippen LogP contribution is 2.26. The Morgan fingerprint density at radius 3 is 2.43 bits per heavy atom. The SMILES string of the molecule is O=C(CCc1ccccc1)N1CCc2ccc(S(=O)(=O)N3CCCC3)cc2C1. The number of nitrogens with zero attached hydrogens (tertiary/aromatic N) is 2. The van der Waals surface area contributed by atoms with Gasteiger partial charge in [0.05, 0.1) is 4.90 Å². The number of fused-ring (bicyclic) bond motifs is 1. The summed E-state index contributed by atoms with van der Waals surface area (Å²) in [4.78, 5) is 14.9. The van der Waals surface area contributed by atoms with E-state index in [-0.39, 0.29) is 5.91 Å². The van der Waals surface area contributed by atoms with Gasteiger partial charge in [0.25, 0.3) is 0 Å². The summed E-state index contributed by atoms with van der Waals surface area (Å²) in [5.74, 6) is 0.127. The van der Waals surface area contributed by atoms with Crippen LogP contribution in [0.15, 0.2) is 53.4 Å². The topological polar surface area (TPSA) is 57.7 Å². The molecule has 2 aromatic rings. The van der Waals surface area contributed by atoms with Crippen molar-refractivity contribution in [1.29, 1.82) is 0 Å². The summed E-state index contributed by atoms with van der Waals surface area (Å²) in [6, 6.07) is 15.4. The van der Waals surface area contributed by atoms with Crippen molar-refractivity contribution in [2.75, 3.05) is 19.6 Å². The Labute approximate surface area is 167 Å². The van der Waals surface area contributed by atoms with E-state index in [9.17, 15) is 13.2 Å². The lowest BCUT2D eigenvalue weighted by atomic mass is 9.99. The van der Waals surface area contributed by atoms with Gasteiger partial charge in [0.2, 0.25) is 15.9 Å². The van der Waals surface area contributed by atoms with Crippen molar-refractivity contribution in [3.05, 3.63) is 65.2 Å². The van der Waals surface area contributed by atoms with Gasteiger partial charge in [-0.1, -0.05) is 36.4 Å². The molecule has 148 valence electrons. The molecule has 0 aromatic heterocycles. The van der Waals surface area contributed by atoms with Crippen molar-refractivity contribution in [1.82, 2.24) is 9.21 Å². The molecule has 2 heterocycles. The maximum atomic E-state index is 12.8. The van der Waals surface area contributed by atoms with E-state index in [0.717, 1.165) is 42.4 Å². The summed E-state index contributed by atoms with van der Waals surface area (Å²) >= 11 is 0. The predicted octanol–water partition coefficient (Wildman–Crippen LogP) is 2.99. The highest BCUT2D eigenvalue weighted by atomic mass is 32.2. The highest BCUT2D eigenvalue weighted by molar-refractivity contribution is 7.89. The number of carbonyl (C=O) groups is 1. The summed E-state index contributed by atoms with van der Waals surface area (Å²) in [5.41, 5.74) is 3.26. The zero-order chi connectivity index (χ0) is 19.6. The van der Waals surface area contributed by atoms with Crippen LogP contribution in [0.5, 0.6) is 0 Å². The smallest absolute Gasteiger partial charge is 0.243 e. The molecule has 6 heteroatoms. The lowest BCUT2D eigenvalue weighted by Gasteiger charge is -2.29. The lowest BCUT2D eigenvalue weighted by Crippen LogP contribution is -2.36. The number of benzene rings is 2. The fourth-order valence-electron chi connectivity index (χ4n) is 4.04. The number of aryl methyl sites for hydroxylation is 1. The fourth-order valence-corrected chi connectivity index (χ4v) is 5.61. The summed E-state index contributed by atoms with van der Waals surface area (Å²) in [7, 11) is -3.43. The second-order valence-electron chi connectivity index (χ2n) is 7.59. The van der Waals surface area contributed by atoms with Gasteiger partial charge >= 0.3 is 0 Å². The van der Waals surface area contributed by atoms with Gasteiger partial charge in [-0.2, -0.15) is 4.31 Å². The molecule has 28 heavy (non-hydrogen) atoms. The first-order valence-electron chi connectivity index (χ1n) is 9.98. The third-order valence-corrected chi connectivity index (χ3v) is 7.61. The molecule has 2 aliphatic rings. The Morgan fingerprint density at radius 2 is 1.68 bits per heavy atom. The predicted molar refractivity (Wildman–Crippen MR) is 108 cm³/mol. The van der Waals surface area contributed by atoms with Crippen LogP contribution >= 0.6 is 0 Å². The van der Waals surface area contributed by atoms with Gasteiger partial charge < -0.3 is 4.90 Å². The van der Waals surface area contributed by atoms with Gasteiger partial charge in [-0.05, 0) is 54.5 Å². The molecule has 0 N–H and O–H groups in total. The average Bonchev–Trinajstić information content (AvgIpc) is 3.28. The van der Waals surface area contributed by atoms with E-state index in [4.69, 9.17) is 0 Å². The van der Waals surface area contributed by atoms with Crippen LogP contribution < -0.4 is 0 Å². The van der Waals surface area contributed by atoms with E-state index >= 15 is 0 Å². The first-order chi connectivity index (χ1) is 13.5. The Bertz CT molecular complexity index is 951. The normalized spacial score (nSPS) is 17.5. The Hall–Kier alpha value is -2.18. The van der Waals surface area contributed by atoms with E-state index in [1.54, 1.807) is 16.4 Å². The summed E-state index contributed by atoms with van der Waals surface area (Å²) in [5, 5.41) is 0. The quantitative estimate of drug-likeness (QED) is 0.778. The maximum absolute atomic E-state index is 12.8. The summed E-state index contributed by atoms with van der Waals surface area (Å²) in [6.45, 7) is 2.39. The van der Waals surface area contributed by atoms with Crippen LogP contribution in [0.25, 0.3) is 0 Å². The van der Waals surface area contributed by atoms with Crippen LogP contribution in [0, 0.1) is 0 Å². The van der Waals surface area contributed by atoms with Gasteiger partial charge in [-0.3, -0.25) is 4.79 Å². The van der Waals surface area contributed by atoms with E-state index in [1.807, 2.05) is 41.3 Å². The van der Waals surface area contributed by atoms with Crippen molar-refractivity contribution >= 4 is 15.9 Å². The molecule has 0 aliphatic carbocycles. The molecular weight excluding hydrogens is 372 g/mol. The Balaban J connectivity index is 1.46. The number of hydrogen-bond donors (Lipinski definition) is 0. The summed E-state index contributed by atoms with van der Waals surface area (Å²) < 4.78 is 27.3. The molecule has 2 aromatic carbocycles. The van der Waals surface area contributed by atoms with Gasteiger partial charge in [-0.25, -0.2) is 8.42 Å². The number of carbonyl (C=O) groups excluding carboxylic acids is 1. The van der Waals surface area contributed by atoms with Crippen LogP contribution in [0.4, 0.5) is 0 Å². The maximum Gasteiger partial charge on any atom is 0.243 e. The molecule has 0 bridgehead atoms. The standard InChI is InChI=1S/C22H26N2O3S/c25-22(11-8-18-6-2-1-3-7-18)23-15-12-19-9-10-21(16-20(19)17-23)28(26,27)24-13-4-5-14-24/h1-3,6-7,9-10,16H,4-5,8,11-15,17H2. The Morgan fingerprint density at radius 1 is 0.929 bits per heavy atom. The first-order valence-corrected chi connectivity index (χ1v) is 11.4. The van der Waals surface area contributed by atoms with Crippen LogP contribution in [0.1, 0.15) is 36.0 Å². The van der Waals surface area contributed by atoms with Crippen molar-refractivity contribution in [2.24, 2.45) is 0 Å². The zero-order valence-electron chi connectivity index (χ0n) is 16.0.